The van der Waals surface area contributed by atoms with Crippen LogP contribution in [-0.2, 0) is 0 Å². The fourth-order valence-electron chi connectivity index (χ4n) is 5.19. The van der Waals surface area contributed by atoms with Crippen molar-refractivity contribution >= 4 is 0 Å². The molecule has 20 heavy (non-hydrogen) atoms. The first-order valence-corrected chi connectivity index (χ1v) is 9.12. The lowest BCUT2D eigenvalue weighted by Gasteiger charge is -2.49. The topological polar surface area (TPSA) is 15.3 Å². The molecule has 1 heterocycles. The number of hydrogen-bond donors (Lipinski definition) is 1. The van der Waals surface area contributed by atoms with Crippen LogP contribution in [0.5, 0.6) is 0 Å². The van der Waals surface area contributed by atoms with Crippen LogP contribution in [0, 0.1) is 17.3 Å². The highest BCUT2D eigenvalue weighted by Crippen LogP contribution is 2.62. The van der Waals surface area contributed by atoms with E-state index in [1.54, 1.807) is 0 Å². The molecular weight excluding hydrogens is 244 g/mol. The molecule has 3 aliphatic carbocycles. The molecule has 1 unspecified atom stereocenters. The Morgan fingerprint density at radius 3 is 2.35 bits per heavy atom. The predicted octanol–water partition coefficient (Wildman–Crippen LogP) is 3.42. The molecule has 0 amide bonds. The first-order chi connectivity index (χ1) is 9.63. The fraction of sp³-hybridized carbons (Fsp3) is 1.00. The highest BCUT2D eigenvalue weighted by Gasteiger charge is 2.55. The van der Waals surface area contributed by atoms with Crippen molar-refractivity contribution in [2.75, 3.05) is 19.6 Å². The van der Waals surface area contributed by atoms with Gasteiger partial charge in [-0.25, -0.2) is 0 Å². The molecule has 0 aromatic rings. The highest BCUT2D eigenvalue weighted by molar-refractivity contribution is 5.09. The van der Waals surface area contributed by atoms with Crippen LogP contribution in [0.1, 0.15) is 65.2 Å². The van der Waals surface area contributed by atoms with Crippen LogP contribution < -0.4 is 5.32 Å². The lowest BCUT2D eigenvalue weighted by molar-refractivity contribution is 0.0368. The summed E-state index contributed by atoms with van der Waals surface area (Å²) in [5.74, 6) is 1.89. The van der Waals surface area contributed by atoms with Crippen LogP contribution in [0.4, 0.5) is 0 Å². The fourth-order valence-corrected chi connectivity index (χ4v) is 5.19. The minimum Gasteiger partial charge on any atom is -0.308 e. The Labute approximate surface area is 124 Å². The van der Waals surface area contributed by atoms with E-state index in [2.05, 4.69) is 24.1 Å². The smallest absolute Gasteiger partial charge is 0.0309 e. The molecule has 0 aromatic heterocycles. The van der Waals surface area contributed by atoms with Gasteiger partial charge >= 0.3 is 0 Å². The van der Waals surface area contributed by atoms with Gasteiger partial charge in [-0.3, -0.25) is 4.90 Å². The molecule has 1 saturated heterocycles. The van der Waals surface area contributed by atoms with Gasteiger partial charge in [0.1, 0.15) is 0 Å². The van der Waals surface area contributed by atoms with E-state index in [1.165, 1.54) is 71.0 Å². The molecule has 0 bridgehead atoms. The third-order valence-electron chi connectivity index (χ3n) is 6.84. The third kappa shape index (κ3) is 2.33. The Kier molecular flexibility index (Phi) is 3.20. The molecule has 4 rings (SSSR count). The second-order valence-electron chi connectivity index (χ2n) is 8.72. The quantitative estimate of drug-likeness (QED) is 0.846. The molecule has 2 heteroatoms. The first kappa shape index (κ1) is 13.6. The molecule has 4 fully saturated rings. The minimum atomic E-state index is 0.491. The molecule has 1 spiro atoms. The predicted molar refractivity (Wildman–Crippen MR) is 83.8 cm³/mol. The molecule has 1 N–H and O–H groups in total. The molecule has 1 atom stereocenters. The van der Waals surface area contributed by atoms with Crippen molar-refractivity contribution in [3.63, 3.8) is 0 Å². The van der Waals surface area contributed by atoms with E-state index in [0.717, 1.165) is 23.3 Å². The van der Waals surface area contributed by atoms with Crippen molar-refractivity contribution in [3.05, 3.63) is 0 Å². The third-order valence-corrected chi connectivity index (χ3v) is 6.84. The second-order valence-corrected chi connectivity index (χ2v) is 8.72. The van der Waals surface area contributed by atoms with Gasteiger partial charge < -0.3 is 5.32 Å². The highest BCUT2D eigenvalue weighted by atomic mass is 15.3. The van der Waals surface area contributed by atoms with Crippen LogP contribution in [-0.4, -0.2) is 36.1 Å². The Morgan fingerprint density at radius 1 is 1.10 bits per heavy atom. The Morgan fingerprint density at radius 2 is 1.80 bits per heavy atom. The summed E-state index contributed by atoms with van der Waals surface area (Å²) in [5.41, 5.74) is 1.26. The summed E-state index contributed by atoms with van der Waals surface area (Å²) in [4.78, 5) is 2.93. The van der Waals surface area contributed by atoms with Gasteiger partial charge in [-0.15, -0.1) is 0 Å². The van der Waals surface area contributed by atoms with E-state index in [9.17, 15) is 0 Å². The van der Waals surface area contributed by atoms with Crippen LogP contribution in [0.2, 0.25) is 0 Å². The van der Waals surface area contributed by atoms with Crippen LogP contribution in [0.3, 0.4) is 0 Å². The van der Waals surface area contributed by atoms with E-state index in [1.807, 2.05) is 0 Å². The van der Waals surface area contributed by atoms with Crippen molar-refractivity contribution in [1.82, 2.24) is 10.2 Å². The van der Waals surface area contributed by atoms with Gasteiger partial charge in [-0.2, -0.15) is 0 Å². The van der Waals surface area contributed by atoms with E-state index in [0.29, 0.717) is 5.54 Å². The van der Waals surface area contributed by atoms with E-state index in [4.69, 9.17) is 0 Å². The maximum atomic E-state index is 3.97. The Balaban J connectivity index is 1.49. The van der Waals surface area contributed by atoms with Gasteiger partial charge in [0, 0.05) is 31.2 Å². The normalized spacial score (nSPS) is 35.9. The molecule has 2 nitrogen and oxygen atoms in total. The lowest BCUT2D eigenvalue weighted by atomic mass is 9.87. The number of nitrogens with one attached hydrogen (secondary N) is 1. The largest absolute Gasteiger partial charge is 0.308 e. The van der Waals surface area contributed by atoms with Gasteiger partial charge in [0.05, 0.1) is 0 Å². The number of hydrogen-bond acceptors (Lipinski definition) is 2. The zero-order valence-corrected chi connectivity index (χ0v) is 13.5. The average Bonchev–Trinajstić information content (AvgIpc) is 3.30. The zero-order valence-electron chi connectivity index (χ0n) is 13.5. The maximum Gasteiger partial charge on any atom is 0.0309 e. The summed E-state index contributed by atoms with van der Waals surface area (Å²) < 4.78 is 0. The van der Waals surface area contributed by atoms with Gasteiger partial charge in [0.2, 0.25) is 0 Å². The van der Waals surface area contributed by atoms with Gasteiger partial charge in [-0.05, 0) is 55.8 Å². The van der Waals surface area contributed by atoms with Crippen LogP contribution in [0.15, 0.2) is 0 Å². The molecule has 1 aliphatic heterocycles. The minimum absolute atomic E-state index is 0.491. The zero-order chi connectivity index (χ0) is 13.8. The SMILES string of the molecule is CC(C)C1CNC2(CCCC2)CN1CC1(C2CC2)CC1. The molecule has 4 aliphatic rings. The van der Waals surface area contributed by atoms with E-state index < -0.39 is 0 Å². The lowest BCUT2D eigenvalue weighted by Crippen LogP contribution is -2.65. The maximum absolute atomic E-state index is 3.97. The van der Waals surface area contributed by atoms with Crippen molar-refractivity contribution < 1.29 is 0 Å². The first-order valence-electron chi connectivity index (χ1n) is 9.12. The summed E-state index contributed by atoms with van der Waals surface area (Å²) >= 11 is 0. The number of rotatable bonds is 4. The monoisotopic (exact) mass is 276 g/mol. The standard InChI is InChI=1S/C18H32N2/c1-14(2)16-11-19-18(7-3-4-8-18)13-20(16)12-17(9-10-17)15-5-6-15/h14-16,19H,3-13H2,1-2H3. The van der Waals surface area contributed by atoms with Gasteiger partial charge in [0.15, 0.2) is 0 Å². The molecule has 0 radical (unpaired) electrons. The average molecular weight is 276 g/mol. The molecule has 0 aromatic carbocycles. The molecule has 114 valence electrons. The van der Waals surface area contributed by atoms with Crippen LogP contribution in [0.25, 0.3) is 0 Å². The molecule has 3 saturated carbocycles. The number of piperazine rings is 1. The van der Waals surface area contributed by atoms with Crippen LogP contribution >= 0.6 is 0 Å². The van der Waals surface area contributed by atoms with Crippen molar-refractivity contribution in [2.24, 2.45) is 17.3 Å². The summed E-state index contributed by atoms with van der Waals surface area (Å²) in [6.07, 6.45) is 11.9. The van der Waals surface area contributed by atoms with E-state index >= 15 is 0 Å². The van der Waals surface area contributed by atoms with Gasteiger partial charge in [-0.1, -0.05) is 26.7 Å². The Bertz CT molecular complexity index is 360. The van der Waals surface area contributed by atoms with Crippen molar-refractivity contribution in [1.29, 1.82) is 0 Å². The summed E-state index contributed by atoms with van der Waals surface area (Å²) in [5, 5.41) is 3.97. The second kappa shape index (κ2) is 4.71. The van der Waals surface area contributed by atoms with Crippen molar-refractivity contribution in [2.45, 2.75) is 76.8 Å². The summed E-state index contributed by atoms with van der Waals surface area (Å²) in [6.45, 7) is 8.83. The van der Waals surface area contributed by atoms with Crippen molar-refractivity contribution in [3.8, 4) is 0 Å². The summed E-state index contributed by atoms with van der Waals surface area (Å²) in [7, 11) is 0. The molecular formula is C18H32N2. The summed E-state index contributed by atoms with van der Waals surface area (Å²) in [6, 6.07) is 0.775. The number of nitrogens with zero attached hydrogens (tertiary/aromatic N) is 1. The Hall–Kier alpha value is -0.0800. The van der Waals surface area contributed by atoms with E-state index in [-0.39, 0.29) is 0 Å². The van der Waals surface area contributed by atoms with Gasteiger partial charge in [0.25, 0.3) is 0 Å².